The van der Waals surface area contributed by atoms with Crippen LogP contribution in [0.2, 0.25) is 0 Å². The molecular weight excluding hydrogens is 640 g/mol. The topological polar surface area (TPSA) is 142 Å². The molecule has 11 nitrogen and oxygen atoms in total. The molecule has 0 aliphatic carbocycles. The lowest BCUT2D eigenvalue weighted by molar-refractivity contribution is -0.135. The zero-order valence-electron chi connectivity index (χ0n) is 28.3. The maximum absolute atomic E-state index is 12.8. The number of para-hydroxylation sites is 1. The molecule has 3 aromatic heterocycles. The molecule has 1 unspecified atom stereocenters. The summed E-state index contributed by atoms with van der Waals surface area (Å²) in [6.45, 7) is 6.05. The highest BCUT2D eigenvalue weighted by atomic mass is 16.3. The first-order valence-corrected chi connectivity index (χ1v) is 17.6. The molecule has 8 rings (SSSR count). The fraction of sp³-hybridized carbons (Fsp3) is 0.275. The standard InChI is InChI=1S/C40H40N8O3/c41-38-31(24-33(44-45-38)30-6-1-2-8-36(30)49)28-12-9-27(10-13-28)25-47-21-19-46(20-22-47)18-4-5-26-11-14-34-32(23-26)29-7-3-17-42-39(29)48(34)35-15-16-37(50)43-40(35)51/h1-3,6-14,17,23-24,35,49H,4-5,15-16,18-22,25H2,(H2,41,45)(H,43,50,51). The second-order valence-corrected chi connectivity index (χ2v) is 13.5. The summed E-state index contributed by atoms with van der Waals surface area (Å²) in [7, 11) is 0. The number of pyridine rings is 1. The third kappa shape index (κ3) is 6.65. The zero-order valence-corrected chi connectivity index (χ0v) is 28.3. The van der Waals surface area contributed by atoms with Crippen LogP contribution < -0.4 is 11.1 Å². The number of nitrogens with one attached hydrogen (secondary N) is 1. The number of carbonyl (C=O) groups is 2. The third-order valence-corrected chi connectivity index (χ3v) is 10.2. The predicted molar refractivity (Wildman–Crippen MR) is 198 cm³/mol. The van der Waals surface area contributed by atoms with E-state index < -0.39 is 6.04 Å². The van der Waals surface area contributed by atoms with Crippen LogP contribution in [0.25, 0.3) is 44.3 Å². The van der Waals surface area contributed by atoms with Crippen molar-refractivity contribution < 1.29 is 14.7 Å². The van der Waals surface area contributed by atoms with Crippen molar-refractivity contribution in [1.29, 1.82) is 0 Å². The Morgan fingerprint density at radius 3 is 2.41 bits per heavy atom. The Morgan fingerprint density at radius 2 is 1.61 bits per heavy atom. The van der Waals surface area contributed by atoms with Gasteiger partial charge in [0, 0.05) is 67.2 Å². The second kappa shape index (κ2) is 13.9. The number of carbonyl (C=O) groups excluding carboxylic acids is 2. The van der Waals surface area contributed by atoms with Gasteiger partial charge in [-0.15, -0.1) is 10.2 Å². The van der Waals surface area contributed by atoms with Gasteiger partial charge in [-0.2, -0.15) is 0 Å². The van der Waals surface area contributed by atoms with Gasteiger partial charge >= 0.3 is 0 Å². The van der Waals surface area contributed by atoms with Gasteiger partial charge in [0.15, 0.2) is 5.82 Å². The molecule has 3 aromatic carbocycles. The van der Waals surface area contributed by atoms with Crippen LogP contribution in [0.5, 0.6) is 5.75 Å². The summed E-state index contributed by atoms with van der Waals surface area (Å²) < 4.78 is 2.01. The highest BCUT2D eigenvalue weighted by Gasteiger charge is 2.31. The van der Waals surface area contributed by atoms with Gasteiger partial charge in [0.2, 0.25) is 11.8 Å². The molecule has 2 aliphatic rings. The largest absolute Gasteiger partial charge is 0.507 e. The van der Waals surface area contributed by atoms with Crippen molar-refractivity contribution in [3.63, 3.8) is 0 Å². The van der Waals surface area contributed by atoms with Gasteiger partial charge in [0.1, 0.15) is 17.4 Å². The van der Waals surface area contributed by atoms with E-state index in [1.807, 2.05) is 28.8 Å². The van der Waals surface area contributed by atoms with Crippen LogP contribution in [0.4, 0.5) is 5.82 Å². The fourth-order valence-electron chi connectivity index (χ4n) is 7.50. The van der Waals surface area contributed by atoms with Crippen LogP contribution in [-0.2, 0) is 22.6 Å². The number of amides is 2. The monoisotopic (exact) mass is 680 g/mol. The summed E-state index contributed by atoms with van der Waals surface area (Å²) in [6, 6.07) is 27.5. The Morgan fingerprint density at radius 1 is 0.824 bits per heavy atom. The number of benzene rings is 3. The molecule has 258 valence electrons. The predicted octanol–water partition coefficient (Wildman–Crippen LogP) is 5.33. The number of aromatic hydroxyl groups is 1. The van der Waals surface area contributed by atoms with Gasteiger partial charge in [0.25, 0.3) is 0 Å². The molecule has 2 amide bonds. The van der Waals surface area contributed by atoms with Crippen molar-refractivity contribution in [2.24, 2.45) is 0 Å². The maximum atomic E-state index is 12.8. The number of hydrogen-bond donors (Lipinski definition) is 3. The summed E-state index contributed by atoms with van der Waals surface area (Å²) in [5.41, 5.74) is 13.4. The van der Waals surface area contributed by atoms with E-state index in [4.69, 9.17) is 5.73 Å². The number of anilines is 1. The highest BCUT2D eigenvalue weighted by molar-refractivity contribution is 6.09. The third-order valence-electron chi connectivity index (χ3n) is 10.2. The van der Waals surface area contributed by atoms with E-state index in [0.29, 0.717) is 29.9 Å². The SMILES string of the molecule is Nc1nnc(-c2ccccc2O)cc1-c1ccc(CN2CCN(CCCc3ccc4c(c3)c3cccnc3n4C3CCC(=O)NC3=O)CC2)cc1. The van der Waals surface area contributed by atoms with E-state index in [2.05, 4.69) is 78.8 Å². The van der Waals surface area contributed by atoms with Crippen LogP contribution >= 0.6 is 0 Å². The van der Waals surface area contributed by atoms with Gasteiger partial charge in [-0.1, -0.05) is 42.5 Å². The van der Waals surface area contributed by atoms with E-state index in [1.54, 1.807) is 18.3 Å². The van der Waals surface area contributed by atoms with Crippen molar-refractivity contribution in [1.82, 2.24) is 34.9 Å². The first-order chi connectivity index (χ1) is 24.9. The molecule has 2 fully saturated rings. The number of hydrogen-bond acceptors (Lipinski definition) is 9. The number of imide groups is 1. The minimum absolute atomic E-state index is 0.156. The van der Waals surface area contributed by atoms with Crippen molar-refractivity contribution >= 4 is 39.6 Å². The van der Waals surface area contributed by atoms with Crippen LogP contribution in [0.1, 0.15) is 36.4 Å². The van der Waals surface area contributed by atoms with E-state index in [0.717, 1.165) is 85.2 Å². The molecule has 2 aliphatic heterocycles. The molecule has 6 aromatic rings. The molecule has 5 heterocycles. The number of piperazine rings is 1. The van der Waals surface area contributed by atoms with Crippen LogP contribution in [-0.4, -0.2) is 79.2 Å². The Bertz CT molecular complexity index is 2240. The van der Waals surface area contributed by atoms with Crippen molar-refractivity contribution in [3.05, 3.63) is 102 Å². The normalized spacial score (nSPS) is 17.3. The summed E-state index contributed by atoms with van der Waals surface area (Å²) in [5.74, 6) is 0.0342. The number of phenolic OH excluding ortho intramolecular Hbond substituents is 1. The van der Waals surface area contributed by atoms with E-state index in [9.17, 15) is 14.7 Å². The average Bonchev–Trinajstić information content (AvgIpc) is 3.47. The van der Waals surface area contributed by atoms with E-state index >= 15 is 0 Å². The number of fused-ring (bicyclic) bond motifs is 3. The van der Waals surface area contributed by atoms with Crippen molar-refractivity contribution in [3.8, 4) is 28.1 Å². The summed E-state index contributed by atoms with van der Waals surface area (Å²) in [6.07, 6.45) is 4.60. The molecule has 0 bridgehead atoms. The Labute approximate surface area is 295 Å². The second-order valence-electron chi connectivity index (χ2n) is 13.5. The van der Waals surface area contributed by atoms with Gasteiger partial charge in [-0.3, -0.25) is 19.8 Å². The van der Waals surface area contributed by atoms with Gasteiger partial charge in [-0.05, 0) is 85.0 Å². The summed E-state index contributed by atoms with van der Waals surface area (Å²) in [5, 5.41) is 23.3. The maximum Gasteiger partial charge on any atom is 0.249 e. The van der Waals surface area contributed by atoms with Crippen LogP contribution in [0.15, 0.2) is 91.1 Å². The number of aromatic nitrogens is 4. The Kier molecular flexibility index (Phi) is 8.89. The molecule has 1 atom stereocenters. The summed E-state index contributed by atoms with van der Waals surface area (Å²) >= 11 is 0. The molecule has 11 heteroatoms. The van der Waals surface area contributed by atoms with Crippen LogP contribution in [0.3, 0.4) is 0 Å². The number of aryl methyl sites for hydroxylation is 1. The molecular formula is C40H40N8O3. The molecule has 51 heavy (non-hydrogen) atoms. The van der Waals surface area contributed by atoms with E-state index in [-0.39, 0.29) is 17.6 Å². The molecule has 0 spiro atoms. The Hall–Kier alpha value is -5.65. The number of nitrogens with zero attached hydrogens (tertiary/aromatic N) is 6. The van der Waals surface area contributed by atoms with Gasteiger partial charge in [-0.25, -0.2) is 4.98 Å². The molecule has 0 radical (unpaired) electrons. The van der Waals surface area contributed by atoms with Crippen molar-refractivity contribution in [2.45, 2.75) is 38.3 Å². The fourth-order valence-corrected chi connectivity index (χ4v) is 7.50. The quantitative estimate of drug-likeness (QED) is 0.173. The van der Waals surface area contributed by atoms with E-state index in [1.165, 1.54) is 11.1 Å². The molecule has 4 N–H and O–H groups in total. The highest BCUT2D eigenvalue weighted by Crippen LogP contribution is 2.35. The van der Waals surface area contributed by atoms with Gasteiger partial charge in [0.05, 0.1) is 11.2 Å². The smallest absolute Gasteiger partial charge is 0.249 e. The Balaban J connectivity index is 0.855. The lowest BCUT2D eigenvalue weighted by atomic mass is 10.0. The first kappa shape index (κ1) is 32.5. The zero-order chi connectivity index (χ0) is 34.9. The number of nitrogen functional groups attached to an aromatic ring is 1. The minimum Gasteiger partial charge on any atom is -0.507 e. The molecule has 2 saturated heterocycles. The average molecular weight is 681 g/mol. The molecule has 0 saturated carbocycles. The lowest BCUT2D eigenvalue weighted by Crippen LogP contribution is -2.46. The first-order valence-electron chi connectivity index (χ1n) is 17.6. The summed E-state index contributed by atoms with van der Waals surface area (Å²) in [4.78, 5) is 34.3. The van der Waals surface area contributed by atoms with Crippen molar-refractivity contribution in [2.75, 3.05) is 38.5 Å². The number of rotatable bonds is 9. The van der Waals surface area contributed by atoms with Crippen LogP contribution in [0, 0.1) is 0 Å². The number of phenols is 1. The van der Waals surface area contributed by atoms with Gasteiger partial charge < -0.3 is 20.3 Å². The number of nitrogens with two attached hydrogens (primary N) is 1. The minimum atomic E-state index is -0.448. The number of piperidine rings is 1. The lowest BCUT2D eigenvalue weighted by Gasteiger charge is -2.34.